The van der Waals surface area contributed by atoms with E-state index in [9.17, 15) is 4.79 Å². The summed E-state index contributed by atoms with van der Waals surface area (Å²) in [6.07, 6.45) is 0. The van der Waals surface area contributed by atoms with Gasteiger partial charge in [-0.1, -0.05) is 6.07 Å². The molecule has 0 fully saturated rings. The van der Waals surface area contributed by atoms with Crippen LogP contribution in [0.3, 0.4) is 0 Å². The lowest BCUT2D eigenvalue weighted by Crippen LogP contribution is -2.29. The zero-order chi connectivity index (χ0) is 18.2. The Kier molecular flexibility index (Phi) is 6.81. The van der Waals surface area contributed by atoms with Gasteiger partial charge in [-0.15, -0.1) is 11.3 Å². The van der Waals surface area contributed by atoms with Crippen LogP contribution in [0.4, 0.5) is 5.00 Å². The minimum absolute atomic E-state index is 0.153. The summed E-state index contributed by atoms with van der Waals surface area (Å²) < 4.78 is 10.8. The minimum atomic E-state index is -0.153. The Labute approximate surface area is 151 Å². The van der Waals surface area contributed by atoms with Crippen LogP contribution >= 0.6 is 11.3 Å². The van der Waals surface area contributed by atoms with Crippen LogP contribution in [0.25, 0.3) is 0 Å². The predicted molar refractivity (Wildman–Crippen MR) is 98.2 cm³/mol. The molecule has 0 saturated heterocycles. The number of methoxy groups -OCH3 is 1. The van der Waals surface area contributed by atoms with Gasteiger partial charge in [0.15, 0.2) is 11.5 Å². The van der Waals surface area contributed by atoms with Crippen LogP contribution in [0, 0.1) is 11.3 Å². The zero-order valence-electron chi connectivity index (χ0n) is 14.5. The highest BCUT2D eigenvalue weighted by atomic mass is 32.1. The highest BCUT2D eigenvalue weighted by molar-refractivity contribution is 7.14. The van der Waals surface area contributed by atoms with Crippen molar-refractivity contribution in [3.8, 4) is 17.6 Å². The molecule has 1 heterocycles. The Morgan fingerprint density at radius 1 is 1.36 bits per heavy atom. The molecule has 0 unspecified atom stereocenters. The second kappa shape index (κ2) is 9.06. The van der Waals surface area contributed by atoms with Gasteiger partial charge in [-0.3, -0.25) is 9.69 Å². The number of hydrogen-bond donors (Lipinski definition) is 1. The van der Waals surface area contributed by atoms with Crippen LogP contribution in [0.1, 0.15) is 18.1 Å². The second-order valence-corrected chi connectivity index (χ2v) is 6.33. The van der Waals surface area contributed by atoms with E-state index in [2.05, 4.69) is 11.4 Å². The van der Waals surface area contributed by atoms with Crippen LogP contribution in [0.2, 0.25) is 0 Å². The molecule has 0 radical (unpaired) electrons. The molecule has 0 aliphatic heterocycles. The Morgan fingerprint density at radius 2 is 2.16 bits per heavy atom. The number of nitrogens with one attached hydrogen (secondary N) is 1. The molecule has 0 bridgehead atoms. The average molecular weight is 359 g/mol. The van der Waals surface area contributed by atoms with Crippen molar-refractivity contribution in [1.82, 2.24) is 4.90 Å². The molecule has 0 spiro atoms. The first-order valence-electron chi connectivity index (χ1n) is 7.83. The summed E-state index contributed by atoms with van der Waals surface area (Å²) >= 11 is 1.34. The SMILES string of the molecule is CCOc1ccc(CN(C)CC(=O)Nc2sccc2C#N)cc1OC. The van der Waals surface area contributed by atoms with E-state index >= 15 is 0 Å². The van der Waals surface area contributed by atoms with Gasteiger partial charge < -0.3 is 14.8 Å². The fourth-order valence-electron chi connectivity index (χ4n) is 2.36. The van der Waals surface area contributed by atoms with Crippen molar-refractivity contribution in [2.75, 3.05) is 32.6 Å². The number of carbonyl (C=O) groups is 1. The van der Waals surface area contributed by atoms with Gasteiger partial charge in [0.1, 0.15) is 11.1 Å². The van der Waals surface area contributed by atoms with E-state index in [1.807, 2.05) is 37.1 Å². The number of rotatable bonds is 8. The largest absolute Gasteiger partial charge is 0.493 e. The summed E-state index contributed by atoms with van der Waals surface area (Å²) in [5, 5.41) is 14.1. The van der Waals surface area contributed by atoms with E-state index in [-0.39, 0.29) is 12.5 Å². The van der Waals surface area contributed by atoms with Crippen molar-refractivity contribution in [3.63, 3.8) is 0 Å². The Morgan fingerprint density at radius 3 is 2.84 bits per heavy atom. The van der Waals surface area contributed by atoms with Crippen molar-refractivity contribution < 1.29 is 14.3 Å². The molecule has 2 rings (SSSR count). The lowest BCUT2D eigenvalue weighted by atomic mass is 10.2. The van der Waals surface area contributed by atoms with Crippen LogP contribution in [0.15, 0.2) is 29.6 Å². The van der Waals surface area contributed by atoms with Gasteiger partial charge in [-0.05, 0) is 43.1 Å². The molecule has 0 aliphatic carbocycles. The maximum atomic E-state index is 12.1. The first-order valence-corrected chi connectivity index (χ1v) is 8.71. The molecule has 1 amide bonds. The first kappa shape index (κ1) is 18.8. The summed E-state index contributed by atoms with van der Waals surface area (Å²) in [6, 6.07) is 9.48. The van der Waals surface area contributed by atoms with Crippen LogP contribution in [-0.4, -0.2) is 38.1 Å². The second-order valence-electron chi connectivity index (χ2n) is 5.41. The number of nitriles is 1. The molecule has 132 valence electrons. The lowest BCUT2D eigenvalue weighted by Gasteiger charge is -2.17. The van der Waals surface area contributed by atoms with E-state index in [1.165, 1.54) is 11.3 Å². The number of nitrogens with zero attached hydrogens (tertiary/aromatic N) is 2. The van der Waals surface area contributed by atoms with Gasteiger partial charge in [-0.25, -0.2) is 0 Å². The van der Waals surface area contributed by atoms with Gasteiger partial charge in [0, 0.05) is 6.54 Å². The Balaban J connectivity index is 1.94. The van der Waals surface area contributed by atoms with Crippen molar-refractivity contribution in [2.45, 2.75) is 13.5 Å². The standard InChI is InChI=1S/C18H21N3O3S/c1-4-24-15-6-5-13(9-16(15)23-3)11-21(2)12-17(22)20-18-14(10-19)7-8-25-18/h5-9H,4,11-12H2,1-3H3,(H,20,22). The Bertz CT molecular complexity index is 767. The van der Waals surface area contributed by atoms with Gasteiger partial charge in [0.25, 0.3) is 0 Å². The summed E-state index contributed by atoms with van der Waals surface area (Å²) in [4.78, 5) is 14.0. The van der Waals surface area contributed by atoms with E-state index in [1.54, 1.807) is 18.6 Å². The summed E-state index contributed by atoms with van der Waals surface area (Å²) in [6.45, 7) is 3.30. The molecule has 1 N–H and O–H groups in total. The number of ether oxygens (including phenoxy) is 2. The summed E-state index contributed by atoms with van der Waals surface area (Å²) in [5.74, 6) is 1.23. The van der Waals surface area contributed by atoms with Gasteiger partial charge in [0.05, 0.1) is 25.8 Å². The van der Waals surface area contributed by atoms with Crippen molar-refractivity contribution in [2.24, 2.45) is 0 Å². The maximum Gasteiger partial charge on any atom is 0.239 e. The lowest BCUT2D eigenvalue weighted by molar-refractivity contribution is -0.117. The molecule has 0 atom stereocenters. The maximum absolute atomic E-state index is 12.1. The average Bonchev–Trinajstić information content (AvgIpc) is 3.03. The molecule has 2 aromatic rings. The summed E-state index contributed by atoms with van der Waals surface area (Å²) in [7, 11) is 3.47. The van der Waals surface area contributed by atoms with Crippen molar-refractivity contribution in [1.29, 1.82) is 5.26 Å². The normalized spacial score (nSPS) is 10.4. The number of likely N-dealkylation sites (N-methyl/N-ethyl adjacent to an activating group) is 1. The van der Waals surface area contributed by atoms with Crippen LogP contribution in [-0.2, 0) is 11.3 Å². The molecule has 0 saturated carbocycles. The number of carbonyl (C=O) groups excluding carboxylic acids is 1. The monoisotopic (exact) mass is 359 g/mol. The number of benzene rings is 1. The van der Waals surface area contributed by atoms with E-state index in [0.29, 0.717) is 35.2 Å². The fourth-order valence-corrected chi connectivity index (χ4v) is 3.11. The highest BCUT2D eigenvalue weighted by Gasteiger charge is 2.12. The number of amides is 1. The Hall–Kier alpha value is -2.56. The molecule has 1 aromatic heterocycles. The van der Waals surface area contributed by atoms with E-state index in [0.717, 1.165) is 5.56 Å². The number of thiophene rings is 1. The van der Waals surface area contributed by atoms with Crippen LogP contribution < -0.4 is 14.8 Å². The minimum Gasteiger partial charge on any atom is -0.493 e. The van der Waals surface area contributed by atoms with Crippen molar-refractivity contribution in [3.05, 3.63) is 40.8 Å². The highest BCUT2D eigenvalue weighted by Crippen LogP contribution is 2.28. The number of anilines is 1. The topological polar surface area (TPSA) is 74.6 Å². The predicted octanol–water partition coefficient (Wildman–Crippen LogP) is 3.10. The summed E-state index contributed by atoms with van der Waals surface area (Å²) in [5.41, 5.74) is 1.50. The molecule has 6 nitrogen and oxygen atoms in total. The fraction of sp³-hybridized carbons (Fsp3) is 0.333. The third kappa shape index (κ3) is 5.21. The van der Waals surface area contributed by atoms with Crippen molar-refractivity contribution >= 4 is 22.2 Å². The van der Waals surface area contributed by atoms with Gasteiger partial charge in [0.2, 0.25) is 5.91 Å². The van der Waals surface area contributed by atoms with E-state index in [4.69, 9.17) is 14.7 Å². The molecule has 7 heteroatoms. The van der Waals surface area contributed by atoms with Gasteiger partial charge in [-0.2, -0.15) is 5.26 Å². The zero-order valence-corrected chi connectivity index (χ0v) is 15.4. The first-order chi connectivity index (χ1) is 12.1. The van der Waals surface area contributed by atoms with Crippen LogP contribution in [0.5, 0.6) is 11.5 Å². The molecule has 25 heavy (non-hydrogen) atoms. The molecule has 0 aliphatic rings. The smallest absolute Gasteiger partial charge is 0.239 e. The number of hydrogen-bond acceptors (Lipinski definition) is 6. The molecule has 1 aromatic carbocycles. The van der Waals surface area contributed by atoms with E-state index < -0.39 is 0 Å². The third-order valence-electron chi connectivity index (χ3n) is 3.43. The van der Waals surface area contributed by atoms with Gasteiger partial charge >= 0.3 is 0 Å². The molecular formula is C18H21N3O3S. The quantitative estimate of drug-likeness (QED) is 0.784. The molecular weight excluding hydrogens is 338 g/mol. The third-order valence-corrected chi connectivity index (χ3v) is 4.26.